The van der Waals surface area contributed by atoms with Gasteiger partial charge in [-0.3, -0.25) is 0 Å². The molecule has 1 aliphatic heterocycles. The van der Waals surface area contributed by atoms with Crippen LogP contribution >= 0.6 is 0 Å². The van der Waals surface area contributed by atoms with Gasteiger partial charge in [0.2, 0.25) is 0 Å². The van der Waals surface area contributed by atoms with Gasteiger partial charge in [-0.2, -0.15) is 0 Å². The Bertz CT molecular complexity index is 818. The van der Waals surface area contributed by atoms with Crippen LogP contribution in [0.2, 0.25) is 0 Å². The first-order valence-corrected chi connectivity index (χ1v) is 7.28. The second-order valence-electron chi connectivity index (χ2n) is 5.61. The quantitative estimate of drug-likeness (QED) is 0.686. The average molecular weight is 282 g/mol. The van der Waals surface area contributed by atoms with Crippen LogP contribution in [0.5, 0.6) is 0 Å². The molecule has 4 rings (SSSR count). The normalized spacial score (nSPS) is 16.0. The third kappa shape index (κ3) is 1.96. The minimum atomic E-state index is 0.752. The van der Waals surface area contributed by atoms with Crippen molar-refractivity contribution in [1.29, 1.82) is 0 Å². The van der Waals surface area contributed by atoms with Gasteiger partial charge in [0.25, 0.3) is 0 Å². The van der Waals surface area contributed by atoms with Crippen molar-refractivity contribution in [3.05, 3.63) is 30.1 Å². The van der Waals surface area contributed by atoms with Crippen LogP contribution in [0, 0.1) is 6.92 Å². The number of morpholine rings is 1. The van der Waals surface area contributed by atoms with Crippen LogP contribution in [-0.4, -0.2) is 40.8 Å². The van der Waals surface area contributed by atoms with Crippen molar-refractivity contribution in [2.24, 2.45) is 7.05 Å². The molecule has 0 aliphatic carbocycles. The van der Waals surface area contributed by atoms with Gasteiger partial charge in [-0.05, 0) is 19.1 Å². The minimum absolute atomic E-state index is 0.752. The lowest BCUT2D eigenvalue weighted by molar-refractivity contribution is 0.122. The molecule has 0 unspecified atom stereocenters. The number of fused-ring (bicyclic) bond motifs is 3. The minimum Gasteiger partial charge on any atom is -0.378 e. The van der Waals surface area contributed by atoms with Crippen LogP contribution in [0.1, 0.15) is 5.56 Å². The van der Waals surface area contributed by atoms with E-state index in [0.717, 1.165) is 48.7 Å². The van der Waals surface area contributed by atoms with Crippen molar-refractivity contribution in [1.82, 2.24) is 14.5 Å². The lowest BCUT2D eigenvalue weighted by Gasteiger charge is -2.28. The van der Waals surface area contributed by atoms with Crippen LogP contribution in [0.15, 0.2) is 24.5 Å². The first-order valence-electron chi connectivity index (χ1n) is 7.28. The zero-order chi connectivity index (χ0) is 14.4. The predicted octanol–water partition coefficient (Wildman–Crippen LogP) is 2.27. The molecule has 1 saturated heterocycles. The molecule has 0 saturated carbocycles. The largest absolute Gasteiger partial charge is 0.378 e. The Morgan fingerprint density at radius 1 is 1.19 bits per heavy atom. The molecule has 108 valence electrons. The molecule has 0 amide bonds. The monoisotopic (exact) mass is 282 g/mol. The van der Waals surface area contributed by atoms with E-state index in [2.05, 4.69) is 39.6 Å². The van der Waals surface area contributed by atoms with Gasteiger partial charge in [0.15, 0.2) is 5.82 Å². The van der Waals surface area contributed by atoms with Gasteiger partial charge in [-0.15, -0.1) is 0 Å². The lowest BCUT2D eigenvalue weighted by atomic mass is 10.1. The molecule has 21 heavy (non-hydrogen) atoms. The second-order valence-corrected chi connectivity index (χ2v) is 5.61. The molecule has 0 N–H and O–H groups in total. The maximum Gasteiger partial charge on any atom is 0.157 e. The number of benzene rings is 1. The summed E-state index contributed by atoms with van der Waals surface area (Å²) in [5.74, 6) is 0.977. The van der Waals surface area contributed by atoms with Crippen LogP contribution in [0.25, 0.3) is 21.9 Å². The van der Waals surface area contributed by atoms with Crippen LogP contribution in [0.3, 0.4) is 0 Å². The van der Waals surface area contributed by atoms with Crippen LogP contribution in [-0.2, 0) is 11.8 Å². The number of imidazole rings is 1. The molecule has 0 bridgehead atoms. The highest BCUT2D eigenvalue weighted by Gasteiger charge is 2.19. The second kappa shape index (κ2) is 4.70. The summed E-state index contributed by atoms with van der Waals surface area (Å²) in [5.41, 5.74) is 4.41. The zero-order valence-electron chi connectivity index (χ0n) is 12.3. The van der Waals surface area contributed by atoms with E-state index in [1.54, 1.807) is 0 Å². The van der Waals surface area contributed by atoms with Crippen molar-refractivity contribution in [2.75, 3.05) is 31.2 Å². The van der Waals surface area contributed by atoms with Crippen molar-refractivity contribution < 1.29 is 4.74 Å². The van der Waals surface area contributed by atoms with E-state index in [1.807, 2.05) is 13.4 Å². The van der Waals surface area contributed by atoms with Gasteiger partial charge in [-0.1, -0.05) is 11.6 Å². The summed E-state index contributed by atoms with van der Waals surface area (Å²) in [5, 5.41) is 1.17. The topological polar surface area (TPSA) is 43.2 Å². The molecule has 0 radical (unpaired) electrons. The molecule has 3 aromatic rings. The fourth-order valence-corrected chi connectivity index (χ4v) is 3.01. The van der Waals surface area contributed by atoms with Gasteiger partial charge >= 0.3 is 0 Å². The fraction of sp³-hybridized carbons (Fsp3) is 0.375. The molecule has 5 heteroatoms. The molecule has 5 nitrogen and oxygen atoms in total. The molecule has 0 spiro atoms. The third-order valence-electron chi connectivity index (χ3n) is 4.09. The van der Waals surface area contributed by atoms with Crippen molar-refractivity contribution in [3.63, 3.8) is 0 Å². The number of aryl methyl sites for hydroxylation is 2. The van der Waals surface area contributed by atoms with Crippen LogP contribution in [0.4, 0.5) is 5.82 Å². The van der Waals surface area contributed by atoms with E-state index in [0.29, 0.717) is 0 Å². The van der Waals surface area contributed by atoms with Gasteiger partial charge in [0.1, 0.15) is 5.52 Å². The van der Waals surface area contributed by atoms with E-state index >= 15 is 0 Å². The maximum atomic E-state index is 5.45. The Hall–Kier alpha value is -2.14. The fourth-order valence-electron chi connectivity index (χ4n) is 3.01. The highest BCUT2D eigenvalue weighted by Crippen LogP contribution is 2.31. The Kier molecular flexibility index (Phi) is 2.82. The standard InChI is InChI=1S/C16H18N4O/c1-11-3-4-13-12(9-11)15-14(17-10-19(15)2)16(18-13)20-5-7-21-8-6-20/h3-4,9-10H,5-8H2,1-2H3. The summed E-state index contributed by atoms with van der Waals surface area (Å²) < 4.78 is 7.53. The van der Waals surface area contributed by atoms with E-state index < -0.39 is 0 Å². The van der Waals surface area contributed by atoms with Crippen molar-refractivity contribution in [3.8, 4) is 0 Å². The Labute approximate surface area is 123 Å². The highest BCUT2D eigenvalue weighted by atomic mass is 16.5. The van der Waals surface area contributed by atoms with Gasteiger partial charge in [0.05, 0.1) is 30.6 Å². The first-order chi connectivity index (χ1) is 10.2. The molecule has 1 fully saturated rings. The maximum absolute atomic E-state index is 5.45. The number of ether oxygens (including phenoxy) is 1. The van der Waals surface area contributed by atoms with Crippen molar-refractivity contribution >= 4 is 27.8 Å². The summed E-state index contributed by atoms with van der Waals surface area (Å²) in [6.07, 6.45) is 1.87. The molecular formula is C16H18N4O. The van der Waals surface area contributed by atoms with E-state index in [1.165, 1.54) is 10.9 Å². The number of pyridine rings is 1. The average Bonchev–Trinajstić information content (AvgIpc) is 2.90. The third-order valence-corrected chi connectivity index (χ3v) is 4.09. The molecule has 1 aromatic carbocycles. The summed E-state index contributed by atoms with van der Waals surface area (Å²) >= 11 is 0. The van der Waals surface area contributed by atoms with Crippen molar-refractivity contribution in [2.45, 2.75) is 6.92 Å². The van der Waals surface area contributed by atoms with Gasteiger partial charge in [0, 0.05) is 25.5 Å². The predicted molar refractivity (Wildman–Crippen MR) is 83.8 cm³/mol. The summed E-state index contributed by atoms with van der Waals surface area (Å²) in [7, 11) is 2.04. The van der Waals surface area contributed by atoms with E-state index in [-0.39, 0.29) is 0 Å². The number of rotatable bonds is 1. The zero-order valence-corrected chi connectivity index (χ0v) is 12.3. The summed E-state index contributed by atoms with van der Waals surface area (Å²) in [6.45, 7) is 5.35. The Morgan fingerprint density at radius 2 is 2.00 bits per heavy atom. The van der Waals surface area contributed by atoms with Gasteiger partial charge < -0.3 is 14.2 Å². The smallest absolute Gasteiger partial charge is 0.157 e. The molecule has 0 atom stereocenters. The number of anilines is 1. The summed E-state index contributed by atoms with van der Waals surface area (Å²) in [6, 6.07) is 6.40. The number of hydrogen-bond acceptors (Lipinski definition) is 4. The Balaban J connectivity index is 2.03. The van der Waals surface area contributed by atoms with E-state index in [9.17, 15) is 0 Å². The molecule has 3 heterocycles. The highest BCUT2D eigenvalue weighted by molar-refractivity contribution is 6.07. The van der Waals surface area contributed by atoms with Gasteiger partial charge in [-0.25, -0.2) is 9.97 Å². The lowest BCUT2D eigenvalue weighted by Crippen LogP contribution is -2.36. The molecular weight excluding hydrogens is 264 g/mol. The number of hydrogen-bond donors (Lipinski definition) is 0. The number of nitrogens with zero attached hydrogens (tertiary/aromatic N) is 4. The molecule has 1 aliphatic rings. The van der Waals surface area contributed by atoms with Crippen LogP contribution < -0.4 is 4.90 Å². The Morgan fingerprint density at radius 3 is 2.81 bits per heavy atom. The molecule has 2 aromatic heterocycles. The SMILES string of the molecule is Cc1ccc2nc(N3CCOCC3)c3ncn(C)c3c2c1. The van der Waals surface area contributed by atoms with E-state index in [4.69, 9.17) is 9.72 Å². The summed E-state index contributed by atoms with van der Waals surface area (Å²) in [4.78, 5) is 11.7. The number of aromatic nitrogens is 3. The first kappa shape index (κ1) is 12.6.